The van der Waals surface area contributed by atoms with Gasteiger partial charge in [-0.1, -0.05) is 6.92 Å². The van der Waals surface area contributed by atoms with Crippen molar-refractivity contribution in [2.75, 3.05) is 6.67 Å². The molecule has 0 unspecified atom stereocenters. The lowest BCUT2D eigenvalue weighted by Crippen LogP contribution is -2.52. The van der Waals surface area contributed by atoms with Crippen molar-refractivity contribution in [3.63, 3.8) is 0 Å². The second-order valence-electron chi connectivity index (χ2n) is 11.9. The minimum atomic E-state index is -1.07. The lowest BCUT2D eigenvalue weighted by molar-refractivity contribution is -0.134. The molecule has 6 heteroatoms. The monoisotopic (exact) mass is 453 g/mol. The van der Waals surface area contributed by atoms with Gasteiger partial charge in [-0.05, 0) is 105 Å². The van der Waals surface area contributed by atoms with Gasteiger partial charge < -0.3 is 5.11 Å². The van der Waals surface area contributed by atoms with E-state index >= 15 is 0 Å². The van der Waals surface area contributed by atoms with Gasteiger partial charge in [0.2, 0.25) is 0 Å². The van der Waals surface area contributed by atoms with Crippen molar-refractivity contribution in [2.24, 2.45) is 40.9 Å². The van der Waals surface area contributed by atoms with Crippen molar-refractivity contribution in [1.29, 1.82) is 0 Å². The number of carbonyl (C=O) groups excluding carboxylic acids is 1. The maximum atomic E-state index is 13.5. The molecule has 1 N–H and O–H groups in total. The molecular weight excluding hydrogens is 417 g/mol. The Morgan fingerprint density at radius 3 is 2.79 bits per heavy atom. The van der Waals surface area contributed by atoms with Gasteiger partial charge in [0.25, 0.3) is 0 Å². The van der Waals surface area contributed by atoms with Crippen LogP contribution in [0, 0.1) is 40.9 Å². The van der Waals surface area contributed by atoms with Crippen molar-refractivity contribution in [3.05, 3.63) is 24.5 Å². The zero-order valence-corrected chi connectivity index (χ0v) is 19.6. The molecule has 0 amide bonds. The predicted octanol–water partition coefficient (Wildman–Crippen LogP) is 4.97. The summed E-state index contributed by atoms with van der Waals surface area (Å²) in [7, 11) is 0. The van der Waals surface area contributed by atoms with Gasteiger partial charge in [0.05, 0.1) is 18.3 Å². The highest BCUT2D eigenvalue weighted by Crippen LogP contribution is 2.64. The lowest BCUT2D eigenvalue weighted by Gasteiger charge is -2.56. The second kappa shape index (κ2) is 7.86. The quantitative estimate of drug-likeness (QED) is 0.710. The number of fused-ring (bicyclic) bond motifs is 6. The topological polar surface area (TPSA) is 68.0 Å². The fourth-order valence-electron chi connectivity index (χ4n) is 8.87. The van der Waals surface area contributed by atoms with Gasteiger partial charge >= 0.3 is 0 Å². The van der Waals surface area contributed by atoms with Gasteiger partial charge in [-0.25, -0.2) is 4.39 Å². The van der Waals surface area contributed by atoms with Crippen molar-refractivity contribution in [1.82, 2.24) is 14.8 Å². The molecule has 0 saturated heterocycles. The highest BCUT2D eigenvalue weighted by molar-refractivity contribution is 5.82. The number of halogens is 1. The highest BCUT2D eigenvalue weighted by Gasteiger charge is 2.59. The summed E-state index contributed by atoms with van der Waals surface area (Å²) in [6.07, 6.45) is 12.6. The predicted molar refractivity (Wildman–Crippen MR) is 124 cm³/mol. The Morgan fingerprint density at radius 1 is 1.12 bits per heavy atom. The molecule has 4 aliphatic rings. The van der Waals surface area contributed by atoms with Crippen LogP contribution in [-0.2, 0) is 11.3 Å². The van der Waals surface area contributed by atoms with Gasteiger partial charge in [0.1, 0.15) is 17.7 Å². The fourth-order valence-corrected chi connectivity index (χ4v) is 8.87. The molecule has 4 saturated carbocycles. The molecule has 6 rings (SSSR count). The first kappa shape index (κ1) is 21.7. The summed E-state index contributed by atoms with van der Waals surface area (Å²) in [5.41, 5.74) is 0.689. The van der Waals surface area contributed by atoms with Crippen LogP contribution >= 0.6 is 0 Å². The van der Waals surface area contributed by atoms with Crippen LogP contribution in [0.1, 0.15) is 64.7 Å². The van der Waals surface area contributed by atoms with E-state index in [1.807, 2.05) is 18.3 Å². The lowest BCUT2D eigenvalue weighted by atomic mass is 9.49. The molecule has 0 spiro atoms. The van der Waals surface area contributed by atoms with E-state index in [1.165, 1.54) is 12.8 Å². The number of hydrogen-bond acceptors (Lipinski definition) is 4. The Bertz CT molecular complexity index is 1020. The molecule has 33 heavy (non-hydrogen) atoms. The molecular formula is C27H36FN3O2. The third-order valence-corrected chi connectivity index (χ3v) is 10.4. The van der Waals surface area contributed by atoms with Gasteiger partial charge in [0, 0.05) is 12.1 Å². The van der Waals surface area contributed by atoms with E-state index in [0.29, 0.717) is 54.8 Å². The van der Waals surface area contributed by atoms with Crippen LogP contribution in [0.3, 0.4) is 0 Å². The third-order valence-electron chi connectivity index (χ3n) is 10.4. The second-order valence-corrected chi connectivity index (χ2v) is 11.9. The molecule has 0 radical (unpaired) electrons. The van der Waals surface area contributed by atoms with E-state index < -0.39 is 12.3 Å². The van der Waals surface area contributed by atoms with Crippen molar-refractivity contribution >= 4 is 16.8 Å². The average molecular weight is 454 g/mol. The summed E-state index contributed by atoms with van der Waals surface area (Å²) in [5, 5.41) is 15.1. The van der Waals surface area contributed by atoms with Crippen LogP contribution in [0.15, 0.2) is 24.5 Å². The molecule has 2 aromatic rings. The minimum Gasteiger partial charge on any atom is -0.387 e. The van der Waals surface area contributed by atoms with Crippen molar-refractivity contribution in [3.8, 4) is 0 Å². The molecule has 8 atom stereocenters. The highest BCUT2D eigenvalue weighted by atomic mass is 19.1. The first-order valence-electron chi connectivity index (χ1n) is 13.0. The van der Waals surface area contributed by atoms with Gasteiger partial charge in [0.15, 0.2) is 5.78 Å². The molecule has 2 heterocycles. The Hall–Kier alpha value is -1.82. The first-order chi connectivity index (χ1) is 15.9. The van der Waals surface area contributed by atoms with E-state index in [0.717, 1.165) is 43.1 Å². The van der Waals surface area contributed by atoms with Gasteiger partial charge in [-0.15, -0.1) is 0 Å². The Morgan fingerprint density at radius 2 is 1.97 bits per heavy atom. The van der Waals surface area contributed by atoms with E-state index in [1.54, 1.807) is 10.9 Å². The Kier molecular flexibility index (Phi) is 5.17. The van der Waals surface area contributed by atoms with Crippen LogP contribution in [0.25, 0.3) is 11.0 Å². The maximum Gasteiger partial charge on any atom is 0.157 e. The van der Waals surface area contributed by atoms with Crippen LogP contribution in [0.2, 0.25) is 0 Å². The summed E-state index contributed by atoms with van der Waals surface area (Å²) >= 11 is 0. The van der Waals surface area contributed by atoms with E-state index in [9.17, 15) is 14.3 Å². The summed E-state index contributed by atoms with van der Waals surface area (Å²) in [6, 6.07) is 3.81. The molecule has 4 fully saturated rings. The minimum absolute atomic E-state index is 0.0876. The molecule has 0 bridgehead atoms. The Balaban J connectivity index is 1.17. The molecule has 4 aliphatic carbocycles. The number of alkyl halides is 1. The largest absolute Gasteiger partial charge is 0.387 e. The summed E-state index contributed by atoms with van der Waals surface area (Å²) in [4.78, 5) is 17.8. The van der Waals surface area contributed by atoms with Gasteiger partial charge in [-0.2, -0.15) is 5.10 Å². The van der Waals surface area contributed by atoms with Crippen molar-refractivity contribution < 1.29 is 14.3 Å². The zero-order chi connectivity index (χ0) is 22.8. The smallest absolute Gasteiger partial charge is 0.157 e. The number of ketones is 1. The number of Topliss-reactive ketones (excluding diaryl/α,β-unsaturated/α-hetero) is 1. The number of rotatable bonds is 4. The van der Waals surface area contributed by atoms with Crippen LogP contribution in [0.4, 0.5) is 4.39 Å². The number of aromatic nitrogens is 3. The molecule has 0 aromatic carbocycles. The first-order valence-corrected chi connectivity index (χ1v) is 13.0. The summed E-state index contributed by atoms with van der Waals surface area (Å²) in [6.45, 7) is 2.13. The van der Waals surface area contributed by atoms with Crippen LogP contribution in [-0.4, -0.2) is 37.9 Å². The molecule has 5 nitrogen and oxygen atoms in total. The number of pyridine rings is 1. The van der Waals surface area contributed by atoms with Crippen molar-refractivity contribution in [2.45, 2.75) is 76.9 Å². The zero-order valence-electron chi connectivity index (χ0n) is 19.6. The van der Waals surface area contributed by atoms with Gasteiger partial charge in [-0.3, -0.25) is 14.5 Å². The third kappa shape index (κ3) is 3.46. The summed E-state index contributed by atoms with van der Waals surface area (Å²) < 4.78 is 15.2. The summed E-state index contributed by atoms with van der Waals surface area (Å²) in [5.74, 6) is 3.56. The number of aliphatic hydroxyl groups is 1. The number of carbonyl (C=O) groups is 1. The fraction of sp³-hybridized carbons (Fsp3) is 0.741. The van der Waals surface area contributed by atoms with E-state index in [-0.39, 0.29) is 11.3 Å². The average Bonchev–Trinajstić information content (AvgIpc) is 3.38. The van der Waals surface area contributed by atoms with E-state index in [4.69, 9.17) is 0 Å². The normalized spacial score (nSPS) is 42.5. The SMILES string of the molecule is C[C@]12CC[C@H]3[C@@H](CC[C@H]4C[C@@](O)(CF)CC[C@@H]43)[C@@H]1CC[C@@H]2C(=O)Cn1cc2ncccc2n1. The molecule has 178 valence electrons. The maximum absolute atomic E-state index is 13.5. The standard InChI is InChI=1S/C27H36FN3O2/c1-26-10-8-19-18-9-11-27(33,16-28)13-17(18)4-5-20(19)21(26)6-7-22(26)25(32)15-31-14-24-23(30-31)3-2-12-29-24/h2-3,12,14,17-22,33H,4-11,13,15-16H2,1H3/t17-,18-,19+,20+,21-,22+,26-,27+/m0/s1. The van der Waals surface area contributed by atoms with E-state index in [2.05, 4.69) is 17.0 Å². The van der Waals surface area contributed by atoms with Crippen LogP contribution in [0.5, 0.6) is 0 Å². The number of hydrogen-bond donors (Lipinski definition) is 1. The van der Waals surface area contributed by atoms with Crippen LogP contribution < -0.4 is 0 Å². The molecule has 2 aromatic heterocycles. The Labute approximate surface area is 195 Å². The molecule has 0 aliphatic heterocycles. The number of nitrogens with zero attached hydrogens (tertiary/aromatic N) is 3.